The highest BCUT2D eigenvalue weighted by Gasteiger charge is 2.23. The van der Waals surface area contributed by atoms with Gasteiger partial charge in [-0.25, -0.2) is 0 Å². The second-order valence-electron chi connectivity index (χ2n) is 6.24. The first-order chi connectivity index (χ1) is 9.33. The summed E-state index contributed by atoms with van der Waals surface area (Å²) in [7, 11) is 0. The number of hydrogen-bond donors (Lipinski definition) is 1. The van der Waals surface area contributed by atoms with Crippen LogP contribution in [0.25, 0.3) is 0 Å². The zero-order valence-corrected chi connectivity index (χ0v) is 11.9. The van der Waals surface area contributed by atoms with Crippen LogP contribution in [0.2, 0.25) is 0 Å². The van der Waals surface area contributed by atoms with Gasteiger partial charge in [0.1, 0.15) is 5.75 Å². The minimum absolute atomic E-state index is 0.702. The molecule has 1 fully saturated rings. The van der Waals surface area contributed by atoms with Gasteiger partial charge in [0.25, 0.3) is 0 Å². The number of rotatable bonds is 6. The van der Waals surface area contributed by atoms with Crippen LogP contribution in [0.5, 0.6) is 5.75 Å². The SMILES string of the molecule is CC(CCC1CCOc2ccccc21)CNC1CC1. The average Bonchev–Trinajstić information content (AvgIpc) is 3.27. The molecule has 19 heavy (non-hydrogen) atoms. The van der Waals surface area contributed by atoms with Crippen LogP contribution < -0.4 is 10.1 Å². The Kier molecular flexibility index (Phi) is 4.07. The fourth-order valence-corrected chi connectivity index (χ4v) is 2.96. The minimum atomic E-state index is 0.702. The van der Waals surface area contributed by atoms with E-state index in [4.69, 9.17) is 4.74 Å². The van der Waals surface area contributed by atoms with Gasteiger partial charge in [-0.3, -0.25) is 0 Å². The summed E-state index contributed by atoms with van der Waals surface area (Å²) in [6.45, 7) is 4.45. The Morgan fingerprint density at radius 3 is 2.95 bits per heavy atom. The van der Waals surface area contributed by atoms with E-state index in [1.54, 1.807) is 0 Å². The average molecular weight is 259 g/mol. The van der Waals surface area contributed by atoms with Crippen molar-refractivity contribution >= 4 is 0 Å². The highest BCUT2D eigenvalue weighted by atomic mass is 16.5. The van der Waals surface area contributed by atoms with E-state index in [1.165, 1.54) is 44.2 Å². The van der Waals surface area contributed by atoms with Crippen molar-refractivity contribution in [2.75, 3.05) is 13.2 Å². The van der Waals surface area contributed by atoms with Gasteiger partial charge in [0, 0.05) is 6.04 Å². The number of nitrogens with one attached hydrogen (secondary N) is 1. The quantitative estimate of drug-likeness (QED) is 0.840. The molecule has 0 saturated heterocycles. The maximum atomic E-state index is 5.74. The van der Waals surface area contributed by atoms with E-state index in [9.17, 15) is 0 Å². The van der Waals surface area contributed by atoms with E-state index in [1.807, 2.05) is 0 Å². The molecule has 1 aliphatic carbocycles. The summed E-state index contributed by atoms with van der Waals surface area (Å²) in [6, 6.07) is 9.40. The molecule has 104 valence electrons. The molecule has 1 heterocycles. The van der Waals surface area contributed by atoms with Crippen LogP contribution in [0, 0.1) is 5.92 Å². The summed E-state index contributed by atoms with van der Waals surface area (Å²) in [6.07, 6.45) is 6.58. The number of benzene rings is 1. The molecule has 2 atom stereocenters. The lowest BCUT2D eigenvalue weighted by molar-refractivity contribution is 0.258. The van der Waals surface area contributed by atoms with Crippen LogP contribution >= 0.6 is 0 Å². The Morgan fingerprint density at radius 1 is 1.26 bits per heavy atom. The molecule has 1 aromatic carbocycles. The standard InChI is InChI=1S/C17H25NO/c1-13(12-18-15-8-9-15)6-7-14-10-11-19-17-5-3-2-4-16(14)17/h2-5,13-15,18H,6-12H2,1H3. The van der Waals surface area contributed by atoms with Crippen LogP contribution in [0.3, 0.4) is 0 Å². The van der Waals surface area contributed by atoms with Crippen LogP contribution in [0.15, 0.2) is 24.3 Å². The van der Waals surface area contributed by atoms with E-state index in [0.29, 0.717) is 5.92 Å². The normalized spacial score (nSPS) is 23.5. The van der Waals surface area contributed by atoms with E-state index >= 15 is 0 Å². The Morgan fingerprint density at radius 2 is 2.11 bits per heavy atom. The third-order valence-corrected chi connectivity index (χ3v) is 4.42. The Bertz CT molecular complexity index is 413. The maximum absolute atomic E-state index is 5.74. The molecule has 0 radical (unpaired) electrons. The van der Waals surface area contributed by atoms with E-state index < -0.39 is 0 Å². The molecule has 1 aliphatic heterocycles. The van der Waals surface area contributed by atoms with Crippen LogP contribution in [0.4, 0.5) is 0 Å². The number of hydrogen-bond acceptors (Lipinski definition) is 2. The molecule has 1 saturated carbocycles. The van der Waals surface area contributed by atoms with Gasteiger partial charge < -0.3 is 10.1 Å². The second kappa shape index (κ2) is 5.96. The van der Waals surface area contributed by atoms with E-state index in [0.717, 1.165) is 24.3 Å². The first-order valence-electron chi connectivity index (χ1n) is 7.78. The van der Waals surface area contributed by atoms with Crippen molar-refractivity contribution in [3.8, 4) is 5.75 Å². The molecule has 0 bridgehead atoms. The first-order valence-corrected chi connectivity index (χ1v) is 7.78. The monoisotopic (exact) mass is 259 g/mol. The highest BCUT2D eigenvalue weighted by Crippen LogP contribution is 2.36. The summed E-state index contributed by atoms with van der Waals surface area (Å²) in [4.78, 5) is 0. The lowest BCUT2D eigenvalue weighted by Gasteiger charge is -2.26. The molecule has 2 nitrogen and oxygen atoms in total. The molecular weight excluding hydrogens is 234 g/mol. The minimum Gasteiger partial charge on any atom is -0.493 e. The zero-order valence-electron chi connectivity index (χ0n) is 11.9. The van der Waals surface area contributed by atoms with E-state index in [-0.39, 0.29) is 0 Å². The van der Waals surface area contributed by atoms with Gasteiger partial charge in [-0.2, -0.15) is 0 Å². The molecular formula is C17H25NO. The van der Waals surface area contributed by atoms with Crippen LogP contribution in [-0.4, -0.2) is 19.2 Å². The van der Waals surface area contributed by atoms with Crippen molar-refractivity contribution < 1.29 is 4.74 Å². The largest absolute Gasteiger partial charge is 0.493 e. The predicted octanol–water partition coefficient (Wildman–Crippen LogP) is 3.72. The Balaban J connectivity index is 1.49. The van der Waals surface area contributed by atoms with Gasteiger partial charge in [-0.15, -0.1) is 0 Å². The smallest absolute Gasteiger partial charge is 0.122 e. The molecule has 1 aromatic rings. The molecule has 2 unspecified atom stereocenters. The third kappa shape index (κ3) is 3.50. The summed E-state index contributed by atoms with van der Waals surface area (Å²) < 4.78 is 5.74. The summed E-state index contributed by atoms with van der Waals surface area (Å²) in [5.41, 5.74) is 1.43. The van der Waals surface area contributed by atoms with E-state index in [2.05, 4.69) is 36.5 Å². The predicted molar refractivity (Wildman–Crippen MR) is 78.7 cm³/mol. The van der Waals surface area contributed by atoms with Crippen molar-refractivity contribution in [3.63, 3.8) is 0 Å². The fraction of sp³-hybridized carbons (Fsp3) is 0.647. The van der Waals surface area contributed by atoms with Gasteiger partial charge in [-0.1, -0.05) is 25.1 Å². The van der Waals surface area contributed by atoms with Gasteiger partial charge in [0.15, 0.2) is 0 Å². The number of fused-ring (bicyclic) bond motifs is 1. The summed E-state index contributed by atoms with van der Waals surface area (Å²) in [5.74, 6) is 2.60. The van der Waals surface area contributed by atoms with Crippen molar-refractivity contribution in [1.82, 2.24) is 5.32 Å². The molecule has 2 heteroatoms. The highest BCUT2D eigenvalue weighted by molar-refractivity contribution is 5.37. The second-order valence-corrected chi connectivity index (χ2v) is 6.24. The molecule has 3 rings (SSSR count). The van der Waals surface area contributed by atoms with Gasteiger partial charge >= 0.3 is 0 Å². The Hall–Kier alpha value is -1.02. The maximum Gasteiger partial charge on any atom is 0.122 e. The summed E-state index contributed by atoms with van der Waals surface area (Å²) in [5, 5.41) is 3.64. The van der Waals surface area contributed by atoms with Crippen molar-refractivity contribution in [2.45, 2.75) is 51.0 Å². The molecule has 0 amide bonds. The Labute approximate surface area is 116 Å². The first kappa shape index (κ1) is 13.0. The fourth-order valence-electron chi connectivity index (χ4n) is 2.96. The van der Waals surface area contributed by atoms with Crippen molar-refractivity contribution in [3.05, 3.63) is 29.8 Å². The van der Waals surface area contributed by atoms with Crippen molar-refractivity contribution in [2.24, 2.45) is 5.92 Å². The van der Waals surface area contributed by atoms with Crippen molar-refractivity contribution in [1.29, 1.82) is 0 Å². The van der Waals surface area contributed by atoms with Gasteiger partial charge in [0.2, 0.25) is 0 Å². The van der Waals surface area contributed by atoms with Gasteiger partial charge in [0.05, 0.1) is 6.61 Å². The molecule has 0 aromatic heterocycles. The molecule has 0 spiro atoms. The topological polar surface area (TPSA) is 21.3 Å². The number of ether oxygens (including phenoxy) is 1. The summed E-state index contributed by atoms with van der Waals surface area (Å²) >= 11 is 0. The number of para-hydroxylation sites is 1. The van der Waals surface area contributed by atoms with Gasteiger partial charge in [-0.05, 0) is 62.1 Å². The van der Waals surface area contributed by atoms with Crippen LogP contribution in [0.1, 0.15) is 50.5 Å². The lowest BCUT2D eigenvalue weighted by Crippen LogP contribution is -2.23. The molecule has 2 aliphatic rings. The lowest BCUT2D eigenvalue weighted by atomic mass is 9.87. The van der Waals surface area contributed by atoms with Crippen LogP contribution in [-0.2, 0) is 0 Å². The zero-order chi connectivity index (χ0) is 13.1. The molecule has 1 N–H and O–H groups in total. The third-order valence-electron chi connectivity index (χ3n) is 4.42.